The Morgan fingerprint density at radius 3 is 0.871 bits per heavy atom. The van der Waals surface area contributed by atoms with Crippen LogP contribution in [0.2, 0.25) is 0 Å². The number of aromatic nitrogens is 2. The summed E-state index contributed by atoms with van der Waals surface area (Å²) in [6, 6.07) is 32.1. The van der Waals surface area contributed by atoms with Gasteiger partial charge >= 0.3 is 0 Å². The monoisotopic (exact) mass is 918 g/mol. The summed E-state index contributed by atoms with van der Waals surface area (Å²) >= 11 is 0. The van der Waals surface area contributed by atoms with Crippen molar-refractivity contribution < 1.29 is 9.47 Å². The zero-order valence-corrected chi connectivity index (χ0v) is 40.9. The van der Waals surface area contributed by atoms with E-state index in [-0.39, 0.29) is 45.9 Å². The van der Waals surface area contributed by atoms with E-state index in [2.05, 4.69) is 55.4 Å². The molecule has 2 heterocycles. The van der Waals surface area contributed by atoms with Crippen LogP contribution in [0.1, 0.15) is 101 Å². The first-order valence-corrected chi connectivity index (χ1v) is 24.4. The van der Waals surface area contributed by atoms with Crippen LogP contribution in [0.25, 0.3) is 119 Å². The summed E-state index contributed by atoms with van der Waals surface area (Å²) in [4.78, 5) is 63.0. The molecule has 0 fully saturated rings. The quantitative estimate of drug-likeness (QED) is 0.111. The Hall–Kier alpha value is -7.84. The van der Waals surface area contributed by atoms with Gasteiger partial charge in [0.15, 0.2) is 0 Å². The van der Waals surface area contributed by atoms with E-state index < -0.39 is 0 Å². The molecule has 70 heavy (non-hydrogen) atoms. The van der Waals surface area contributed by atoms with E-state index in [1.54, 1.807) is 14.2 Å². The van der Waals surface area contributed by atoms with Crippen molar-refractivity contribution in [3.63, 3.8) is 0 Å². The highest BCUT2D eigenvalue weighted by molar-refractivity contribution is 6.54. The first-order valence-electron chi connectivity index (χ1n) is 24.4. The van der Waals surface area contributed by atoms with Crippen LogP contribution in [0.15, 0.2) is 116 Å². The molecule has 13 rings (SSSR count). The van der Waals surface area contributed by atoms with Gasteiger partial charge in [0.25, 0.3) is 22.2 Å². The zero-order chi connectivity index (χ0) is 48.7. The van der Waals surface area contributed by atoms with Crippen LogP contribution in [0.4, 0.5) is 0 Å². The first kappa shape index (κ1) is 42.3. The maximum Gasteiger partial charge on any atom is 0.266 e. The number of pyridine rings is 2. The van der Waals surface area contributed by atoms with Crippen LogP contribution in [0.3, 0.4) is 0 Å². The molecule has 344 valence electrons. The number of benzene rings is 11. The van der Waals surface area contributed by atoms with Crippen LogP contribution in [0, 0.1) is 0 Å². The number of hydrogen-bond donors (Lipinski definition) is 0. The van der Waals surface area contributed by atoms with Crippen molar-refractivity contribution in [2.24, 2.45) is 0 Å². The van der Waals surface area contributed by atoms with Gasteiger partial charge in [0.05, 0.1) is 25.6 Å². The fraction of sp³-hybridized carbons (Fsp3) is 0.226. The van der Waals surface area contributed by atoms with Crippen molar-refractivity contribution in [2.75, 3.05) is 14.2 Å². The van der Waals surface area contributed by atoms with Gasteiger partial charge in [0, 0.05) is 43.1 Å². The fourth-order valence-electron chi connectivity index (χ4n) is 12.7. The number of methoxy groups -OCH3 is 2. The van der Waals surface area contributed by atoms with Crippen molar-refractivity contribution in [3.05, 3.63) is 161 Å². The predicted molar refractivity (Wildman–Crippen MR) is 291 cm³/mol. The van der Waals surface area contributed by atoms with Crippen LogP contribution in [-0.4, -0.2) is 23.4 Å². The molecule has 11 aromatic carbocycles. The minimum atomic E-state index is -0.374. The van der Waals surface area contributed by atoms with Crippen molar-refractivity contribution in [2.45, 2.75) is 79.1 Å². The van der Waals surface area contributed by atoms with Crippen LogP contribution in [0.5, 0.6) is 11.5 Å². The molecule has 2 aromatic heterocycles. The lowest BCUT2D eigenvalue weighted by molar-refractivity contribution is 0.415. The second-order valence-electron chi connectivity index (χ2n) is 20.8. The number of ether oxygens (including phenoxy) is 2. The Morgan fingerprint density at radius 2 is 0.600 bits per heavy atom. The molecule has 0 aliphatic rings. The van der Waals surface area contributed by atoms with E-state index in [1.165, 1.54) is 9.13 Å². The van der Waals surface area contributed by atoms with Crippen LogP contribution < -0.4 is 31.7 Å². The largest absolute Gasteiger partial charge is 0.497 e. The first-order chi connectivity index (χ1) is 33.7. The standard InChI is InChI=1S/C62H50N2O6/c1-27(2)33-13-11-14-34(28(3)4)57(33)63-59(65)45-23-41-37-19-17-32(70-10)22-40(37)44-26-48-50-46(60(66)64(62(48)68)58-35(29(5)6)15-12-16-36(58)30(7)8)24-42-38-20-18-31(69-9)21-39(38)43-25-47(61(63)67)49(45)55-51(41)54(44)56(50)52(42)53(43)55/h11-30H,1-10H3. The van der Waals surface area contributed by atoms with E-state index in [0.717, 1.165) is 97.7 Å². The SMILES string of the molecule is COc1ccc2c(c1)c1cc3c(=O)n(-c4c(C(C)C)cccc4C(C)C)c(=O)c4cc5c6ccc(OC)cc6c6cc7c(=O)n(-c8c(C(C)C)cccc8C(C)C)c(=O)c8cc2c2c1c(c43)c5c6c2c87. The molecule has 0 amide bonds. The van der Waals surface area contributed by atoms with Crippen LogP contribution >= 0.6 is 0 Å². The topological polar surface area (TPSA) is 96.6 Å². The maximum absolute atomic E-state index is 15.8. The second kappa shape index (κ2) is 14.4. The third-order valence-corrected chi connectivity index (χ3v) is 15.8. The van der Waals surface area contributed by atoms with E-state index >= 15 is 19.2 Å². The number of fused-ring (bicyclic) bond motifs is 6. The summed E-state index contributed by atoms with van der Waals surface area (Å²) in [6.45, 7) is 16.8. The summed E-state index contributed by atoms with van der Waals surface area (Å²) in [5, 5.41) is 14.9. The summed E-state index contributed by atoms with van der Waals surface area (Å²) in [7, 11) is 3.29. The summed E-state index contributed by atoms with van der Waals surface area (Å²) in [5.41, 5.74) is 3.50. The number of rotatable bonds is 8. The van der Waals surface area contributed by atoms with Crippen molar-refractivity contribution in [1.29, 1.82) is 0 Å². The Bertz CT molecular complexity index is 4300. The van der Waals surface area contributed by atoms with E-state index in [4.69, 9.17) is 9.47 Å². The summed E-state index contributed by atoms with van der Waals surface area (Å²) in [5.74, 6) is 1.38. The van der Waals surface area contributed by atoms with Crippen LogP contribution in [-0.2, 0) is 0 Å². The third kappa shape index (κ3) is 5.15. The molecule has 8 nitrogen and oxygen atoms in total. The van der Waals surface area contributed by atoms with Crippen molar-refractivity contribution in [1.82, 2.24) is 9.13 Å². The lowest BCUT2D eigenvalue weighted by Crippen LogP contribution is -2.34. The molecule has 0 unspecified atom stereocenters. The van der Waals surface area contributed by atoms with E-state index in [0.29, 0.717) is 55.2 Å². The molecule has 0 radical (unpaired) electrons. The third-order valence-electron chi connectivity index (χ3n) is 15.8. The highest BCUT2D eigenvalue weighted by Crippen LogP contribution is 2.55. The minimum absolute atomic E-state index is 0.0260. The van der Waals surface area contributed by atoms with Gasteiger partial charge in [0.2, 0.25) is 0 Å². The molecule has 0 atom stereocenters. The fourth-order valence-corrected chi connectivity index (χ4v) is 12.7. The molecular weight excluding hydrogens is 869 g/mol. The number of nitrogens with zero attached hydrogens (tertiary/aromatic N) is 2. The molecule has 0 aliphatic heterocycles. The lowest BCUT2D eigenvalue weighted by atomic mass is 9.77. The lowest BCUT2D eigenvalue weighted by Gasteiger charge is -2.27. The highest BCUT2D eigenvalue weighted by atomic mass is 16.5. The normalized spacial score (nSPS) is 12.9. The Morgan fingerprint density at radius 1 is 0.314 bits per heavy atom. The molecule has 0 N–H and O–H groups in total. The van der Waals surface area contributed by atoms with E-state index in [1.807, 2.05) is 97.1 Å². The average Bonchev–Trinajstić information content (AvgIpc) is 3.35. The van der Waals surface area contributed by atoms with Gasteiger partial charge < -0.3 is 9.47 Å². The smallest absolute Gasteiger partial charge is 0.266 e. The number of hydrogen-bond acceptors (Lipinski definition) is 6. The molecule has 0 aliphatic carbocycles. The van der Waals surface area contributed by atoms with E-state index in [9.17, 15) is 0 Å². The summed E-state index contributed by atoms with van der Waals surface area (Å²) in [6.07, 6.45) is 0. The average molecular weight is 919 g/mol. The van der Waals surface area contributed by atoms with Gasteiger partial charge in [0.1, 0.15) is 11.5 Å². The van der Waals surface area contributed by atoms with Gasteiger partial charge in [-0.25, -0.2) is 9.13 Å². The maximum atomic E-state index is 15.8. The Labute approximate surface area is 401 Å². The minimum Gasteiger partial charge on any atom is -0.497 e. The van der Waals surface area contributed by atoms with Gasteiger partial charge in [-0.3, -0.25) is 19.2 Å². The Kier molecular flexibility index (Phi) is 8.67. The molecule has 0 spiro atoms. The molecule has 13 aromatic rings. The molecule has 0 saturated heterocycles. The molecule has 8 heteroatoms. The van der Waals surface area contributed by atoms with Gasteiger partial charge in [-0.1, -0.05) is 104 Å². The number of para-hydroxylation sites is 2. The van der Waals surface area contributed by atoms with Gasteiger partial charge in [-0.2, -0.15) is 0 Å². The predicted octanol–water partition coefficient (Wildman–Crippen LogP) is 13.9. The van der Waals surface area contributed by atoms with Crippen molar-refractivity contribution in [3.8, 4) is 22.9 Å². The van der Waals surface area contributed by atoms with Gasteiger partial charge in [-0.15, -0.1) is 0 Å². The summed E-state index contributed by atoms with van der Waals surface area (Å²) < 4.78 is 14.7. The van der Waals surface area contributed by atoms with Crippen molar-refractivity contribution >= 4 is 108 Å². The zero-order valence-electron chi connectivity index (χ0n) is 40.9. The molecule has 0 saturated carbocycles. The Balaban J connectivity index is 1.37. The highest BCUT2D eigenvalue weighted by Gasteiger charge is 2.32. The molecule has 0 bridgehead atoms. The molecular formula is C62H50N2O6. The van der Waals surface area contributed by atoms with Gasteiger partial charge in [-0.05, 0) is 159 Å². The second-order valence-corrected chi connectivity index (χ2v) is 20.8.